The van der Waals surface area contributed by atoms with Gasteiger partial charge in [0.05, 0.1) is 12.2 Å². The first-order valence-electron chi connectivity index (χ1n) is 11.7. The second-order valence-electron chi connectivity index (χ2n) is 9.49. The molecule has 1 saturated heterocycles. The van der Waals surface area contributed by atoms with Crippen LogP contribution in [0.5, 0.6) is 0 Å². The molecule has 0 unspecified atom stereocenters. The number of amides is 1. The molecule has 1 spiro atoms. The Labute approximate surface area is 188 Å². The zero-order valence-corrected chi connectivity index (χ0v) is 19.4. The maximum Gasteiger partial charge on any atom is 0.242 e. The molecule has 168 valence electrons. The first-order valence-corrected chi connectivity index (χ1v) is 12.5. The lowest BCUT2D eigenvalue weighted by Gasteiger charge is -2.49. The molecule has 0 aromatic carbocycles. The van der Waals surface area contributed by atoms with Crippen molar-refractivity contribution in [2.75, 3.05) is 19.7 Å². The number of aryl methyl sites for hydroxylation is 1. The molecule has 1 N–H and O–H groups in total. The Morgan fingerprint density at radius 2 is 2.29 bits per heavy atom. The summed E-state index contributed by atoms with van der Waals surface area (Å²) >= 11 is 2.00. The van der Waals surface area contributed by atoms with E-state index in [2.05, 4.69) is 40.2 Å². The minimum absolute atomic E-state index is 0.0229. The van der Waals surface area contributed by atoms with Crippen LogP contribution in [0, 0.1) is 5.92 Å². The van der Waals surface area contributed by atoms with Crippen molar-refractivity contribution in [3.05, 3.63) is 34.0 Å². The molecular weight excluding hydrogens is 410 g/mol. The number of piperidine rings is 1. The Hall–Kier alpha value is -1.77. The van der Waals surface area contributed by atoms with Crippen LogP contribution < -0.4 is 5.32 Å². The van der Waals surface area contributed by atoms with Crippen molar-refractivity contribution in [1.82, 2.24) is 25.0 Å². The van der Waals surface area contributed by atoms with Gasteiger partial charge in [-0.3, -0.25) is 4.79 Å². The van der Waals surface area contributed by atoms with Crippen molar-refractivity contribution < 1.29 is 9.53 Å². The Kier molecular flexibility index (Phi) is 5.88. The summed E-state index contributed by atoms with van der Waals surface area (Å²) in [6.07, 6.45) is 9.55. The fourth-order valence-electron chi connectivity index (χ4n) is 5.62. The van der Waals surface area contributed by atoms with Gasteiger partial charge in [-0.15, -0.1) is 11.3 Å². The van der Waals surface area contributed by atoms with Crippen LogP contribution in [0.2, 0.25) is 0 Å². The second kappa shape index (κ2) is 8.64. The average molecular weight is 444 g/mol. The fourth-order valence-corrected chi connectivity index (χ4v) is 6.79. The van der Waals surface area contributed by atoms with Gasteiger partial charge in [-0.2, -0.15) is 5.10 Å². The van der Waals surface area contributed by atoms with E-state index >= 15 is 0 Å². The molecule has 4 heterocycles. The number of nitrogens with zero attached hydrogens (tertiary/aromatic N) is 4. The number of thiophene rings is 1. The predicted octanol–water partition coefficient (Wildman–Crippen LogP) is 2.75. The van der Waals surface area contributed by atoms with Crippen molar-refractivity contribution in [1.29, 1.82) is 0 Å². The number of hydrogen-bond donors (Lipinski definition) is 1. The minimum atomic E-state index is -0.0646. The van der Waals surface area contributed by atoms with Crippen molar-refractivity contribution in [3.63, 3.8) is 0 Å². The summed E-state index contributed by atoms with van der Waals surface area (Å²) in [5, 5.41) is 7.13. The molecule has 2 aliphatic heterocycles. The third kappa shape index (κ3) is 4.30. The number of carbonyl (C=O) groups excluding carboxylic acids is 1. The molecule has 2 fully saturated rings. The van der Waals surface area contributed by atoms with Gasteiger partial charge >= 0.3 is 0 Å². The van der Waals surface area contributed by atoms with Crippen LogP contribution in [-0.2, 0) is 34.5 Å². The van der Waals surface area contributed by atoms with Gasteiger partial charge in [0.1, 0.15) is 19.2 Å². The van der Waals surface area contributed by atoms with Crippen LogP contribution in [0.15, 0.2) is 18.7 Å². The Morgan fingerprint density at radius 1 is 1.42 bits per heavy atom. The Balaban J connectivity index is 1.11. The molecule has 31 heavy (non-hydrogen) atoms. The van der Waals surface area contributed by atoms with Gasteiger partial charge in [0.25, 0.3) is 0 Å². The molecule has 2 aromatic rings. The number of hydrogen-bond acceptors (Lipinski definition) is 6. The molecular formula is C23H33N5O2S. The molecule has 0 bridgehead atoms. The topological polar surface area (TPSA) is 72.3 Å². The fraction of sp³-hybridized carbons (Fsp3) is 0.696. The van der Waals surface area contributed by atoms with Crippen molar-refractivity contribution in [2.45, 2.75) is 76.6 Å². The van der Waals surface area contributed by atoms with E-state index in [0.717, 1.165) is 58.2 Å². The van der Waals surface area contributed by atoms with Crippen LogP contribution >= 0.6 is 11.3 Å². The molecule has 1 amide bonds. The number of ether oxygens (including phenoxy) is 1. The van der Waals surface area contributed by atoms with E-state index in [1.165, 1.54) is 16.8 Å². The number of nitrogens with one attached hydrogen (secondary N) is 1. The predicted molar refractivity (Wildman–Crippen MR) is 120 cm³/mol. The summed E-state index contributed by atoms with van der Waals surface area (Å²) in [5.74, 6) is 0.693. The number of rotatable bonds is 6. The second-order valence-corrected chi connectivity index (χ2v) is 10.7. The summed E-state index contributed by atoms with van der Waals surface area (Å²) in [4.78, 5) is 21.7. The lowest BCUT2D eigenvalue weighted by molar-refractivity contribution is -0.124. The van der Waals surface area contributed by atoms with Gasteiger partial charge in [0, 0.05) is 41.3 Å². The van der Waals surface area contributed by atoms with Crippen LogP contribution in [0.3, 0.4) is 0 Å². The number of carbonyl (C=O) groups is 1. The van der Waals surface area contributed by atoms with Crippen LogP contribution in [0.25, 0.3) is 0 Å². The van der Waals surface area contributed by atoms with Gasteiger partial charge in [0.2, 0.25) is 5.91 Å². The highest BCUT2D eigenvalue weighted by Gasteiger charge is 2.45. The molecule has 2 atom stereocenters. The molecule has 1 aliphatic carbocycles. The molecule has 2 aromatic heterocycles. The molecule has 1 saturated carbocycles. The number of aromatic nitrogens is 3. The van der Waals surface area contributed by atoms with Crippen molar-refractivity contribution in [2.24, 2.45) is 5.92 Å². The lowest BCUT2D eigenvalue weighted by atomic mass is 9.76. The lowest BCUT2D eigenvalue weighted by Crippen LogP contribution is -2.54. The van der Waals surface area contributed by atoms with Crippen LogP contribution in [0.1, 0.15) is 54.8 Å². The molecule has 5 rings (SSSR count). The summed E-state index contributed by atoms with van der Waals surface area (Å²) in [5.41, 5.74) is 1.43. The van der Waals surface area contributed by atoms with E-state index in [1.807, 2.05) is 11.3 Å². The van der Waals surface area contributed by atoms with E-state index in [0.29, 0.717) is 18.0 Å². The first-order chi connectivity index (χ1) is 15.0. The monoisotopic (exact) mass is 443 g/mol. The maximum absolute atomic E-state index is 12.1. The van der Waals surface area contributed by atoms with Crippen molar-refractivity contribution >= 4 is 17.2 Å². The summed E-state index contributed by atoms with van der Waals surface area (Å²) in [6.45, 7) is 7.94. The third-order valence-electron chi connectivity index (χ3n) is 7.32. The van der Waals surface area contributed by atoms with E-state index in [-0.39, 0.29) is 18.1 Å². The summed E-state index contributed by atoms with van der Waals surface area (Å²) in [6, 6.07) is 3.25. The van der Waals surface area contributed by atoms with E-state index in [1.54, 1.807) is 15.9 Å². The number of fused-ring (bicyclic) bond motifs is 2. The van der Waals surface area contributed by atoms with Gasteiger partial charge in [-0.1, -0.05) is 6.92 Å². The molecule has 0 radical (unpaired) electrons. The Morgan fingerprint density at radius 3 is 3.03 bits per heavy atom. The van der Waals surface area contributed by atoms with Gasteiger partial charge in [0.15, 0.2) is 0 Å². The van der Waals surface area contributed by atoms with Crippen LogP contribution in [0.4, 0.5) is 0 Å². The van der Waals surface area contributed by atoms with Crippen LogP contribution in [-0.4, -0.2) is 57.4 Å². The van der Waals surface area contributed by atoms with E-state index < -0.39 is 0 Å². The van der Waals surface area contributed by atoms with Gasteiger partial charge < -0.3 is 15.0 Å². The molecule has 8 heteroatoms. The molecule has 3 aliphatic rings. The largest absolute Gasteiger partial charge is 0.370 e. The highest BCUT2D eigenvalue weighted by atomic mass is 32.1. The zero-order valence-electron chi connectivity index (χ0n) is 18.5. The van der Waals surface area contributed by atoms with Crippen molar-refractivity contribution in [3.8, 4) is 0 Å². The summed E-state index contributed by atoms with van der Waals surface area (Å²) < 4.78 is 8.04. The normalized spacial score (nSPS) is 30.7. The zero-order chi connectivity index (χ0) is 21.4. The third-order valence-corrected chi connectivity index (χ3v) is 8.66. The maximum atomic E-state index is 12.1. The Bertz CT molecular complexity index is 907. The SMILES string of the molecule is CCc1cc2c(s1)CCO[C@@]21CCN(C[C@H]2C[C@@H](NC(=O)Cn3cncn3)C2)[C@@H](C)C1. The highest BCUT2D eigenvalue weighted by Crippen LogP contribution is 2.46. The smallest absolute Gasteiger partial charge is 0.242 e. The summed E-state index contributed by atoms with van der Waals surface area (Å²) in [7, 11) is 0. The van der Waals surface area contributed by atoms with Gasteiger partial charge in [-0.05, 0) is 56.6 Å². The highest BCUT2D eigenvalue weighted by molar-refractivity contribution is 7.12. The quantitative estimate of drug-likeness (QED) is 0.743. The standard InChI is InChI=1S/C23H33N5O2S/c1-3-19-10-20-21(31-19)4-7-30-23(20)5-6-27(16(2)11-23)12-17-8-18(9-17)26-22(29)13-28-15-24-14-25-28/h10,14-18H,3-9,11-13H2,1-2H3,(H,26,29)/t16-,17-,18+,23+/m0/s1. The number of likely N-dealkylation sites (tertiary alicyclic amines) is 1. The minimum Gasteiger partial charge on any atom is -0.370 e. The molecule has 7 nitrogen and oxygen atoms in total. The van der Waals surface area contributed by atoms with Gasteiger partial charge in [-0.25, -0.2) is 9.67 Å². The van der Waals surface area contributed by atoms with E-state index in [4.69, 9.17) is 4.74 Å². The van der Waals surface area contributed by atoms with E-state index in [9.17, 15) is 4.79 Å². The average Bonchev–Trinajstić information content (AvgIpc) is 3.38. The first kappa shape index (κ1) is 21.1.